The number of phosphoric ester groups is 2. The number of hydrogen-bond donors (Lipinski definition) is 3. The van der Waals surface area contributed by atoms with E-state index in [2.05, 4.69) is 27.7 Å². The van der Waals surface area contributed by atoms with E-state index in [1.54, 1.807) is 0 Å². The standard InChI is InChI=1S/C85H166O17P2/c1-5-9-13-17-21-25-29-31-33-35-37-39-41-43-45-47-49-52-56-60-64-68-72-85(90)102-81(76-96-83(88)70-66-62-58-54-51-48-46-44-42-40-38-36-34-32-30-26-22-18-14-10-6-2)78-100-104(93,94)98-74-79(86)73-97-103(91,92)99-77-80(75-95-82(87)69-65-61-57-53-28-24-20-16-12-8-4)101-84(89)71-67-63-59-55-50-27-23-19-15-11-7-3/h79-81,86H,5-78H2,1-4H3,(H,91,92)(H,93,94)/t79-,80+,81+/m0/s1. The van der Waals surface area contributed by atoms with Crippen molar-refractivity contribution in [3.8, 4) is 0 Å². The SMILES string of the molecule is CCCCCCCCCCCCCCCCCCCCCCCCC(=O)O[C@H](COC(=O)CCCCCCCCCCCCCCCCCCCCCCC)COP(=O)(O)OC[C@@H](O)COP(=O)(O)OC[C@@H](COC(=O)CCCCCCCCCCCC)OC(=O)CCCCCCCCCCCCC. The van der Waals surface area contributed by atoms with Crippen molar-refractivity contribution in [2.24, 2.45) is 0 Å². The highest BCUT2D eigenvalue weighted by molar-refractivity contribution is 7.47. The zero-order valence-corrected chi connectivity index (χ0v) is 69.8. The zero-order chi connectivity index (χ0) is 76.0. The maximum Gasteiger partial charge on any atom is 0.472 e. The van der Waals surface area contributed by atoms with Crippen molar-refractivity contribution < 1.29 is 80.2 Å². The van der Waals surface area contributed by atoms with Gasteiger partial charge in [0.25, 0.3) is 0 Å². The second kappa shape index (κ2) is 79.2. The summed E-state index contributed by atoms with van der Waals surface area (Å²) in [6.07, 6.45) is 73.8. The van der Waals surface area contributed by atoms with Crippen LogP contribution in [-0.4, -0.2) is 96.7 Å². The van der Waals surface area contributed by atoms with Crippen LogP contribution in [-0.2, 0) is 65.4 Å². The number of aliphatic hydroxyl groups excluding tert-OH is 1. The highest BCUT2D eigenvalue weighted by atomic mass is 31.2. The summed E-state index contributed by atoms with van der Waals surface area (Å²) in [5.74, 6) is -2.10. The number of phosphoric acid groups is 2. The number of ether oxygens (including phenoxy) is 4. The van der Waals surface area contributed by atoms with Gasteiger partial charge in [0.1, 0.15) is 19.3 Å². The molecule has 0 aliphatic carbocycles. The van der Waals surface area contributed by atoms with E-state index in [-0.39, 0.29) is 25.7 Å². The second-order valence-corrected chi connectivity index (χ2v) is 33.5. The summed E-state index contributed by atoms with van der Waals surface area (Å²) in [7, 11) is -9.92. The Kier molecular flexibility index (Phi) is 77.7. The molecular formula is C85H166O17P2. The lowest BCUT2D eigenvalue weighted by atomic mass is 10.0. The minimum absolute atomic E-state index is 0.108. The highest BCUT2D eigenvalue weighted by Gasteiger charge is 2.30. The quantitative estimate of drug-likeness (QED) is 0.0222. The average molecular weight is 1520 g/mol. The molecule has 0 aromatic rings. The van der Waals surface area contributed by atoms with Gasteiger partial charge >= 0.3 is 39.5 Å². The van der Waals surface area contributed by atoms with Crippen molar-refractivity contribution in [1.29, 1.82) is 0 Å². The van der Waals surface area contributed by atoms with Gasteiger partial charge < -0.3 is 33.8 Å². The predicted octanol–water partition coefficient (Wildman–Crippen LogP) is 26.1. The van der Waals surface area contributed by atoms with Gasteiger partial charge in [0.15, 0.2) is 12.2 Å². The summed E-state index contributed by atoms with van der Waals surface area (Å²) >= 11 is 0. The molecule has 5 atom stereocenters. The van der Waals surface area contributed by atoms with Gasteiger partial charge in [-0.15, -0.1) is 0 Å². The number of hydrogen-bond acceptors (Lipinski definition) is 15. The molecule has 0 fully saturated rings. The Morgan fingerprint density at radius 2 is 0.385 bits per heavy atom. The first-order chi connectivity index (χ1) is 50.7. The molecule has 0 rings (SSSR count). The molecule has 19 heteroatoms. The summed E-state index contributed by atoms with van der Waals surface area (Å²) in [6, 6.07) is 0. The van der Waals surface area contributed by atoms with E-state index in [1.807, 2.05) is 0 Å². The van der Waals surface area contributed by atoms with Crippen LogP contribution < -0.4 is 0 Å². The number of unbranched alkanes of at least 4 members (excludes halogenated alkanes) is 60. The normalized spacial score (nSPS) is 13.7. The first-order valence-corrected chi connectivity index (χ1v) is 47.3. The van der Waals surface area contributed by atoms with E-state index < -0.39 is 97.5 Å². The number of carbonyl (C=O) groups is 4. The molecule has 0 bridgehead atoms. The molecule has 0 aliphatic heterocycles. The minimum atomic E-state index is -4.96. The van der Waals surface area contributed by atoms with Crippen LogP contribution in [0.5, 0.6) is 0 Å². The molecule has 0 saturated heterocycles. The molecule has 17 nitrogen and oxygen atoms in total. The lowest BCUT2D eigenvalue weighted by Crippen LogP contribution is -2.30. The summed E-state index contributed by atoms with van der Waals surface area (Å²) in [4.78, 5) is 73.1. The Labute approximate surface area is 638 Å². The molecule has 0 saturated carbocycles. The molecule has 0 spiro atoms. The number of esters is 4. The first-order valence-electron chi connectivity index (χ1n) is 44.3. The Morgan fingerprint density at radius 3 is 0.567 bits per heavy atom. The molecule has 0 aliphatic rings. The summed E-state index contributed by atoms with van der Waals surface area (Å²) in [6.45, 7) is 5.02. The molecule has 0 heterocycles. The fourth-order valence-electron chi connectivity index (χ4n) is 13.3. The lowest BCUT2D eigenvalue weighted by Gasteiger charge is -2.21. The van der Waals surface area contributed by atoms with Gasteiger partial charge in [-0.1, -0.05) is 413 Å². The summed E-state index contributed by atoms with van der Waals surface area (Å²) in [5.41, 5.74) is 0. The average Bonchev–Trinajstić information content (AvgIpc) is 0.917. The van der Waals surface area contributed by atoms with Gasteiger partial charge in [-0.05, 0) is 25.7 Å². The highest BCUT2D eigenvalue weighted by Crippen LogP contribution is 2.45. The van der Waals surface area contributed by atoms with Gasteiger partial charge in [0, 0.05) is 25.7 Å². The van der Waals surface area contributed by atoms with E-state index in [1.165, 1.54) is 295 Å². The molecule has 0 radical (unpaired) electrons. The fourth-order valence-corrected chi connectivity index (χ4v) is 14.9. The minimum Gasteiger partial charge on any atom is -0.462 e. The Hall–Kier alpha value is -1.94. The van der Waals surface area contributed by atoms with Gasteiger partial charge in [0.2, 0.25) is 0 Å². The van der Waals surface area contributed by atoms with E-state index in [4.69, 9.17) is 37.0 Å². The molecule has 0 amide bonds. The van der Waals surface area contributed by atoms with Crippen molar-refractivity contribution >= 4 is 39.5 Å². The predicted molar refractivity (Wildman–Crippen MR) is 428 cm³/mol. The van der Waals surface area contributed by atoms with Crippen LogP contribution in [0.2, 0.25) is 0 Å². The Morgan fingerprint density at radius 1 is 0.231 bits per heavy atom. The van der Waals surface area contributed by atoms with Gasteiger partial charge in [-0.2, -0.15) is 0 Å². The molecule has 0 aromatic carbocycles. The van der Waals surface area contributed by atoms with Crippen LogP contribution in [0, 0.1) is 0 Å². The molecule has 104 heavy (non-hydrogen) atoms. The lowest BCUT2D eigenvalue weighted by molar-refractivity contribution is -0.161. The van der Waals surface area contributed by atoms with Gasteiger partial charge in [0.05, 0.1) is 26.4 Å². The summed E-state index contributed by atoms with van der Waals surface area (Å²) in [5, 5.41) is 10.7. The fraction of sp³-hybridized carbons (Fsp3) is 0.953. The van der Waals surface area contributed by atoms with Crippen molar-refractivity contribution in [3.63, 3.8) is 0 Å². The van der Waals surface area contributed by atoms with Crippen molar-refractivity contribution in [3.05, 3.63) is 0 Å². The van der Waals surface area contributed by atoms with Crippen molar-refractivity contribution in [2.75, 3.05) is 39.6 Å². The van der Waals surface area contributed by atoms with E-state index in [9.17, 15) is 43.2 Å². The largest absolute Gasteiger partial charge is 0.472 e. The van der Waals surface area contributed by atoms with Crippen LogP contribution in [0.3, 0.4) is 0 Å². The van der Waals surface area contributed by atoms with Crippen LogP contribution >= 0.6 is 15.6 Å². The first kappa shape index (κ1) is 102. The maximum atomic E-state index is 13.1. The number of carbonyl (C=O) groups excluding carboxylic acids is 4. The smallest absolute Gasteiger partial charge is 0.462 e. The molecular weight excluding hydrogens is 1350 g/mol. The molecule has 618 valence electrons. The molecule has 0 aromatic heterocycles. The summed E-state index contributed by atoms with van der Waals surface area (Å²) < 4.78 is 68.8. The topological polar surface area (TPSA) is 237 Å². The van der Waals surface area contributed by atoms with Gasteiger partial charge in [-0.25, -0.2) is 9.13 Å². The van der Waals surface area contributed by atoms with E-state index in [0.29, 0.717) is 25.7 Å². The van der Waals surface area contributed by atoms with Gasteiger partial charge in [-0.3, -0.25) is 37.3 Å². The van der Waals surface area contributed by atoms with Crippen molar-refractivity contribution in [1.82, 2.24) is 0 Å². The van der Waals surface area contributed by atoms with Crippen LogP contribution in [0.4, 0.5) is 0 Å². The van der Waals surface area contributed by atoms with Crippen LogP contribution in [0.1, 0.15) is 464 Å². The van der Waals surface area contributed by atoms with Crippen LogP contribution in [0.25, 0.3) is 0 Å². The van der Waals surface area contributed by atoms with E-state index >= 15 is 0 Å². The molecule has 2 unspecified atom stereocenters. The second-order valence-electron chi connectivity index (χ2n) is 30.6. The Bertz CT molecular complexity index is 1960. The third-order valence-electron chi connectivity index (χ3n) is 20.1. The maximum absolute atomic E-state index is 13.1. The third-order valence-corrected chi connectivity index (χ3v) is 22.0. The number of aliphatic hydroxyl groups is 1. The van der Waals surface area contributed by atoms with Crippen molar-refractivity contribution in [2.45, 2.75) is 483 Å². The van der Waals surface area contributed by atoms with E-state index in [0.717, 1.165) is 89.9 Å². The third kappa shape index (κ3) is 78.2. The van der Waals surface area contributed by atoms with Crippen LogP contribution in [0.15, 0.2) is 0 Å². The monoisotopic (exact) mass is 1520 g/mol. The molecule has 3 N–H and O–H groups in total. The number of rotatable bonds is 86. The Balaban J connectivity index is 5.17. The zero-order valence-electron chi connectivity index (χ0n) is 68.0.